The molecule has 3 nitrogen and oxygen atoms in total. The Balaban J connectivity index is 1.83. The fourth-order valence-corrected chi connectivity index (χ4v) is 3.06. The van der Waals surface area contributed by atoms with Gasteiger partial charge in [0.25, 0.3) is 0 Å². The molecule has 3 heteroatoms. The van der Waals surface area contributed by atoms with Crippen molar-refractivity contribution in [1.82, 2.24) is 10.3 Å². The first-order chi connectivity index (χ1) is 8.50. The topological polar surface area (TPSA) is 38.1 Å². The van der Waals surface area contributed by atoms with Crippen molar-refractivity contribution < 1.29 is 4.42 Å². The Morgan fingerprint density at radius 2 is 2.28 bits per heavy atom. The highest BCUT2D eigenvalue weighted by molar-refractivity contribution is 4.94. The Kier molecular flexibility index (Phi) is 4.10. The minimum absolute atomic E-state index is 0.510. The van der Waals surface area contributed by atoms with Crippen molar-refractivity contribution in [3.05, 3.63) is 17.8 Å². The standard InChI is InChI=1S/C15H26N2O/c1-5-12-9-17-14(18-12)10-16-13-6-7-15(3,4)8-11(13)2/h9,11,13,16H,5-8,10H2,1-4H3. The summed E-state index contributed by atoms with van der Waals surface area (Å²) in [6.45, 7) is 9.95. The van der Waals surface area contributed by atoms with Crippen molar-refractivity contribution >= 4 is 0 Å². The van der Waals surface area contributed by atoms with Gasteiger partial charge in [-0.25, -0.2) is 4.98 Å². The van der Waals surface area contributed by atoms with Crippen molar-refractivity contribution in [2.45, 2.75) is 66.0 Å². The lowest BCUT2D eigenvalue weighted by atomic mass is 9.70. The number of aryl methyl sites for hydroxylation is 1. The van der Waals surface area contributed by atoms with Crippen molar-refractivity contribution in [2.24, 2.45) is 11.3 Å². The third kappa shape index (κ3) is 3.35. The second-order valence-corrected chi connectivity index (χ2v) is 6.45. The first-order valence-corrected chi connectivity index (χ1v) is 7.17. The Labute approximate surface area is 110 Å². The van der Waals surface area contributed by atoms with Crippen LogP contribution in [0.2, 0.25) is 0 Å². The summed E-state index contributed by atoms with van der Waals surface area (Å²) in [7, 11) is 0. The molecule has 1 N–H and O–H groups in total. The molecule has 102 valence electrons. The molecule has 0 spiro atoms. The Morgan fingerprint density at radius 3 is 2.89 bits per heavy atom. The molecule has 2 atom stereocenters. The first kappa shape index (κ1) is 13.6. The van der Waals surface area contributed by atoms with Crippen LogP contribution >= 0.6 is 0 Å². The molecule has 18 heavy (non-hydrogen) atoms. The second-order valence-electron chi connectivity index (χ2n) is 6.45. The summed E-state index contributed by atoms with van der Waals surface area (Å²) in [6.07, 6.45) is 6.62. The highest BCUT2D eigenvalue weighted by Crippen LogP contribution is 2.38. The van der Waals surface area contributed by atoms with Crippen LogP contribution in [-0.4, -0.2) is 11.0 Å². The maximum Gasteiger partial charge on any atom is 0.208 e. The van der Waals surface area contributed by atoms with Crippen LogP contribution in [0, 0.1) is 11.3 Å². The molecule has 1 aliphatic rings. The monoisotopic (exact) mass is 250 g/mol. The van der Waals surface area contributed by atoms with Crippen LogP contribution in [0.15, 0.2) is 10.6 Å². The van der Waals surface area contributed by atoms with Gasteiger partial charge >= 0.3 is 0 Å². The number of nitrogens with zero attached hydrogens (tertiary/aromatic N) is 1. The minimum atomic E-state index is 0.510. The van der Waals surface area contributed by atoms with Crippen molar-refractivity contribution in [3.63, 3.8) is 0 Å². The average molecular weight is 250 g/mol. The van der Waals surface area contributed by atoms with Crippen molar-refractivity contribution in [2.75, 3.05) is 0 Å². The van der Waals surface area contributed by atoms with Gasteiger partial charge in [0.05, 0.1) is 12.7 Å². The van der Waals surface area contributed by atoms with E-state index in [1.807, 2.05) is 6.20 Å². The van der Waals surface area contributed by atoms with E-state index in [1.54, 1.807) is 0 Å². The summed E-state index contributed by atoms with van der Waals surface area (Å²) in [6, 6.07) is 0.606. The molecular weight excluding hydrogens is 224 g/mol. The van der Waals surface area contributed by atoms with E-state index in [0.717, 1.165) is 30.5 Å². The normalized spacial score (nSPS) is 27.3. The van der Waals surface area contributed by atoms with Gasteiger partial charge in [-0.2, -0.15) is 0 Å². The van der Waals surface area contributed by atoms with E-state index in [4.69, 9.17) is 4.42 Å². The fraction of sp³-hybridized carbons (Fsp3) is 0.800. The quantitative estimate of drug-likeness (QED) is 0.888. The van der Waals surface area contributed by atoms with Crippen molar-refractivity contribution in [1.29, 1.82) is 0 Å². The number of hydrogen-bond acceptors (Lipinski definition) is 3. The third-order valence-electron chi connectivity index (χ3n) is 4.16. The predicted molar refractivity (Wildman–Crippen MR) is 73.3 cm³/mol. The van der Waals surface area contributed by atoms with E-state index >= 15 is 0 Å². The smallest absolute Gasteiger partial charge is 0.208 e. The number of aromatic nitrogens is 1. The van der Waals surface area contributed by atoms with Crippen molar-refractivity contribution in [3.8, 4) is 0 Å². The summed E-state index contributed by atoms with van der Waals surface area (Å²) in [5.74, 6) is 2.53. The van der Waals surface area contributed by atoms with E-state index in [9.17, 15) is 0 Å². The Hall–Kier alpha value is -0.830. The number of rotatable bonds is 4. The Bertz CT molecular complexity index is 384. The molecule has 1 heterocycles. The molecule has 0 amide bonds. The van der Waals surface area contributed by atoms with Crippen LogP contribution in [0.25, 0.3) is 0 Å². The first-order valence-electron chi connectivity index (χ1n) is 7.17. The molecule has 0 saturated heterocycles. The molecule has 0 bridgehead atoms. The van der Waals surface area contributed by atoms with E-state index in [-0.39, 0.29) is 0 Å². The van der Waals surface area contributed by atoms with Crippen LogP contribution in [0.3, 0.4) is 0 Å². The molecule has 1 aromatic rings. The van der Waals surface area contributed by atoms with Crippen LogP contribution < -0.4 is 5.32 Å². The molecule has 1 saturated carbocycles. The van der Waals surface area contributed by atoms with Gasteiger partial charge in [0.2, 0.25) is 5.89 Å². The zero-order valence-corrected chi connectivity index (χ0v) is 12.1. The number of nitrogens with one attached hydrogen (secondary N) is 1. The molecule has 2 unspecified atom stereocenters. The van der Waals surface area contributed by atoms with E-state index in [2.05, 4.69) is 38.0 Å². The summed E-state index contributed by atoms with van der Waals surface area (Å²) in [5, 5.41) is 3.61. The Morgan fingerprint density at radius 1 is 1.50 bits per heavy atom. The zero-order valence-electron chi connectivity index (χ0n) is 12.1. The molecular formula is C15H26N2O. The maximum absolute atomic E-state index is 5.63. The summed E-state index contributed by atoms with van der Waals surface area (Å²) in [4.78, 5) is 4.30. The van der Waals surface area contributed by atoms with Crippen LogP contribution in [-0.2, 0) is 13.0 Å². The van der Waals surface area contributed by atoms with Gasteiger partial charge in [-0.15, -0.1) is 0 Å². The SMILES string of the molecule is CCc1cnc(CNC2CCC(C)(C)CC2C)o1. The van der Waals surface area contributed by atoms with Gasteiger partial charge in [-0.1, -0.05) is 27.7 Å². The lowest BCUT2D eigenvalue weighted by Gasteiger charge is -2.39. The van der Waals surface area contributed by atoms with E-state index in [1.165, 1.54) is 19.3 Å². The highest BCUT2D eigenvalue weighted by atomic mass is 16.4. The molecule has 2 rings (SSSR count). The summed E-state index contributed by atoms with van der Waals surface area (Å²) in [5.41, 5.74) is 0.510. The largest absolute Gasteiger partial charge is 0.444 e. The number of hydrogen-bond donors (Lipinski definition) is 1. The molecule has 1 aliphatic carbocycles. The second kappa shape index (κ2) is 5.43. The summed E-state index contributed by atoms with van der Waals surface area (Å²) < 4.78 is 5.63. The van der Waals surface area contributed by atoms with Gasteiger partial charge in [-0.3, -0.25) is 0 Å². The average Bonchev–Trinajstić information content (AvgIpc) is 2.75. The predicted octanol–water partition coefficient (Wildman–Crippen LogP) is 3.54. The van der Waals surface area contributed by atoms with Gasteiger partial charge in [0.15, 0.2) is 0 Å². The van der Waals surface area contributed by atoms with E-state index in [0.29, 0.717) is 11.5 Å². The lowest BCUT2D eigenvalue weighted by molar-refractivity contribution is 0.146. The van der Waals surface area contributed by atoms with Crippen LogP contribution in [0.1, 0.15) is 58.6 Å². The van der Waals surface area contributed by atoms with Gasteiger partial charge in [-0.05, 0) is 30.6 Å². The molecule has 1 aromatic heterocycles. The van der Waals surface area contributed by atoms with Gasteiger partial charge in [0, 0.05) is 12.5 Å². The zero-order chi connectivity index (χ0) is 13.2. The maximum atomic E-state index is 5.63. The van der Waals surface area contributed by atoms with Crippen LogP contribution in [0.5, 0.6) is 0 Å². The highest BCUT2D eigenvalue weighted by Gasteiger charge is 2.32. The molecule has 0 radical (unpaired) electrons. The molecule has 1 fully saturated rings. The van der Waals surface area contributed by atoms with E-state index < -0.39 is 0 Å². The third-order valence-corrected chi connectivity index (χ3v) is 4.16. The fourth-order valence-electron chi connectivity index (χ4n) is 3.06. The van der Waals surface area contributed by atoms with Gasteiger partial charge in [0.1, 0.15) is 5.76 Å². The lowest BCUT2D eigenvalue weighted by Crippen LogP contribution is -2.41. The minimum Gasteiger partial charge on any atom is -0.444 e. The number of oxazole rings is 1. The van der Waals surface area contributed by atoms with Gasteiger partial charge < -0.3 is 9.73 Å². The summed E-state index contributed by atoms with van der Waals surface area (Å²) >= 11 is 0. The van der Waals surface area contributed by atoms with Crippen LogP contribution in [0.4, 0.5) is 0 Å². The molecule has 0 aromatic carbocycles. The molecule has 0 aliphatic heterocycles.